The van der Waals surface area contributed by atoms with Gasteiger partial charge in [-0.1, -0.05) is 53.0 Å². The Hall–Kier alpha value is -4.68. The first-order chi connectivity index (χ1) is 22.3. The fraction of sp³-hybridized carbons (Fsp3) is 0.152. The smallest absolute Gasteiger partial charge is 0.359 e. The van der Waals surface area contributed by atoms with E-state index in [2.05, 4.69) is 4.98 Å². The van der Waals surface area contributed by atoms with Gasteiger partial charge in [0.15, 0.2) is 0 Å². The van der Waals surface area contributed by atoms with Crippen LogP contribution in [0.2, 0.25) is 10.0 Å². The molecule has 242 valence electrons. The van der Waals surface area contributed by atoms with E-state index in [-0.39, 0.29) is 28.4 Å². The number of nitrogens with zero attached hydrogens (tertiary/aromatic N) is 1. The molecule has 0 aliphatic carbocycles. The van der Waals surface area contributed by atoms with E-state index in [4.69, 9.17) is 32.7 Å². The molecule has 0 saturated carbocycles. The average molecular weight is 693 g/mol. The van der Waals surface area contributed by atoms with Crippen LogP contribution in [0, 0.1) is 41.8 Å². The van der Waals surface area contributed by atoms with Gasteiger partial charge >= 0.3 is 5.97 Å². The topological polar surface area (TPSA) is 71.6 Å². The fourth-order valence-corrected chi connectivity index (χ4v) is 5.88. The maximum Gasteiger partial charge on any atom is 0.359 e. The summed E-state index contributed by atoms with van der Waals surface area (Å²) in [6.45, 7) is 1.44. The molecule has 0 radical (unpaired) electrons. The maximum absolute atomic E-state index is 14.8. The molecule has 1 unspecified atom stereocenters. The Kier molecular flexibility index (Phi) is 8.35. The molecule has 6 nitrogen and oxygen atoms in total. The number of aromatic amines is 1. The van der Waals surface area contributed by atoms with Crippen molar-refractivity contribution >= 4 is 46.0 Å². The third-order valence-electron chi connectivity index (χ3n) is 7.83. The molecule has 47 heavy (non-hydrogen) atoms. The Morgan fingerprint density at radius 2 is 1.57 bits per heavy atom. The van der Waals surface area contributed by atoms with Gasteiger partial charge in [0.05, 0.1) is 11.4 Å². The highest BCUT2D eigenvalue weighted by Crippen LogP contribution is 2.48. The molecule has 1 aromatic heterocycles. The zero-order chi connectivity index (χ0) is 33.8. The van der Waals surface area contributed by atoms with Gasteiger partial charge in [-0.15, -0.1) is 0 Å². The summed E-state index contributed by atoms with van der Waals surface area (Å²) in [5.74, 6) is -17.0. The first kappa shape index (κ1) is 32.3. The Morgan fingerprint density at radius 3 is 2.23 bits per heavy atom. The molecule has 5 aromatic rings. The second-order valence-corrected chi connectivity index (χ2v) is 11.7. The van der Waals surface area contributed by atoms with E-state index >= 15 is 0 Å². The highest BCUT2D eigenvalue weighted by Gasteiger charge is 2.62. The van der Waals surface area contributed by atoms with Crippen molar-refractivity contribution in [2.45, 2.75) is 31.5 Å². The van der Waals surface area contributed by atoms with Crippen LogP contribution in [0.3, 0.4) is 0 Å². The third kappa shape index (κ3) is 5.65. The Balaban J connectivity index is 1.57. The van der Waals surface area contributed by atoms with Crippen LogP contribution in [0.15, 0.2) is 66.9 Å². The fourth-order valence-electron chi connectivity index (χ4n) is 5.59. The van der Waals surface area contributed by atoms with Crippen molar-refractivity contribution < 1.29 is 45.4 Å². The van der Waals surface area contributed by atoms with Crippen LogP contribution in [0.1, 0.15) is 29.2 Å². The summed E-state index contributed by atoms with van der Waals surface area (Å²) in [6.07, 6.45) is 0.620. The number of nitrogens with one attached hydrogen (secondary N) is 1. The number of rotatable bonds is 7. The SMILES string of the molecule is Cc1ccc(O[C@@]2(C(=O)Oc3c(F)c(F)c(F)c(F)c3F)CC(=O)N(Cc3ccc(Cl)c(F)c3)C2c2c[nH]c3cc(Cl)ccc23)cc1. The van der Waals surface area contributed by atoms with E-state index in [0.717, 1.165) is 16.5 Å². The number of H-pyrrole nitrogens is 1. The van der Waals surface area contributed by atoms with Crippen LogP contribution in [-0.4, -0.2) is 27.4 Å². The molecule has 1 N–H and O–H groups in total. The first-order valence-corrected chi connectivity index (χ1v) is 14.6. The second kappa shape index (κ2) is 12.2. The molecule has 0 spiro atoms. The number of aryl methyl sites for hydroxylation is 1. The summed E-state index contributed by atoms with van der Waals surface area (Å²) < 4.78 is 97.4. The van der Waals surface area contributed by atoms with Crippen LogP contribution in [0.25, 0.3) is 10.9 Å². The van der Waals surface area contributed by atoms with Gasteiger partial charge in [-0.25, -0.2) is 22.4 Å². The van der Waals surface area contributed by atoms with Crippen LogP contribution in [-0.2, 0) is 16.1 Å². The van der Waals surface area contributed by atoms with Crippen LogP contribution in [0.5, 0.6) is 11.5 Å². The average Bonchev–Trinajstić information content (AvgIpc) is 3.57. The number of benzene rings is 4. The van der Waals surface area contributed by atoms with Gasteiger partial charge in [-0.2, -0.15) is 8.78 Å². The third-order valence-corrected chi connectivity index (χ3v) is 8.37. The Labute approximate surface area is 272 Å². The lowest BCUT2D eigenvalue weighted by molar-refractivity contribution is -0.155. The summed E-state index contributed by atoms with van der Waals surface area (Å²) in [5.41, 5.74) is -0.784. The second-order valence-electron chi connectivity index (χ2n) is 10.9. The van der Waals surface area contributed by atoms with Crippen molar-refractivity contribution in [1.29, 1.82) is 0 Å². The summed E-state index contributed by atoms with van der Waals surface area (Å²) in [5, 5.41) is 0.590. The van der Waals surface area contributed by atoms with Crippen molar-refractivity contribution in [3.8, 4) is 11.5 Å². The molecule has 1 aliphatic heterocycles. The van der Waals surface area contributed by atoms with Gasteiger partial charge in [0.25, 0.3) is 0 Å². The van der Waals surface area contributed by atoms with E-state index in [1.54, 1.807) is 31.2 Å². The molecule has 2 atom stereocenters. The minimum atomic E-state index is -2.51. The molecule has 0 bridgehead atoms. The van der Waals surface area contributed by atoms with E-state index in [9.17, 15) is 35.9 Å². The van der Waals surface area contributed by atoms with Crippen molar-refractivity contribution in [2.24, 2.45) is 0 Å². The van der Waals surface area contributed by atoms with Gasteiger partial charge in [0.1, 0.15) is 17.6 Å². The molecule has 2 heterocycles. The van der Waals surface area contributed by atoms with E-state index in [1.165, 1.54) is 36.5 Å². The molecular weight excluding hydrogens is 673 g/mol. The maximum atomic E-state index is 14.8. The number of carbonyl (C=O) groups is 2. The number of aromatic nitrogens is 1. The van der Waals surface area contributed by atoms with Gasteiger partial charge in [0.2, 0.25) is 46.3 Å². The standard InChI is InChI=1S/C33H20Cl2F6N2O4/c1-15-2-6-18(7-3-15)47-33(32(45)46-30-28(40)26(38)25(37)27(39)29(30)41)12-24(44)43(14-16-4-9-21(35)22(36)10-16)31(33)20-13-42-23-11-17(34)5-8-19(20)23/h2-11,13,31,42H,12,14H2,1H3/t31?,33-/m0/s1. The summed E-state index contributed by atoms with van der Waals surface area (Å²) in [4.78, 5) is 32.3. The number of fused-ring (bicyclic) bond motifs is 1. The number of hydrogen-bond donors (Lipinski definition) is 1. The molecule has 1 amide bonds. The predicted molar refractivity (Wildman–Crippen MR) is 159 cm³/mol. The molecule has 1 aliphatic rings. The van der Waals surface area contributed by atoms with Gasteiger partial charge in [-0.3, -0.25) is 4.79 Å². The van der Waals surface area contributed by atoms with Crippen molar-refractivity contribution in [1.82, 2.24) is 9.88 Å². The lowest BCUT2D eigenvalue weighted by atomic mass is 9.88. The summed E-state index contributed by atoms with van der Waals surface area (Å²) in [6, 6.07) is 13.1. The lowest BCUT2D eigenvalue weighted by Crippen LogP contribution is -2.51. The lowest BCUT2D eigenvalue weighted by Gasteiger charge is -2.36. The van der Waals surface area contributed by atoms with Crippen molar-refractivity contribution in [3.05, 3.63) is 128 Å². The quantitative estimate of drug-likeness (QED) is 0.0611. The highest BCUT2D eigenvalue weighted by molar-refractivity contribution is 6.31. The van der Waals surface area contributed by atoms with Gasteiger partial charge in [-0.05, 0) is 48.9 Å². The molecule has 4 aromatic carbocycles. The number of amides is 1. The first-order valence-electron chi connectivity index (χ1n) is 13.8. The van der Waals surface area contributed by atoms with E-state index in [0.29, 0.717) is 15.9 Å². The molecular formula is C33H20Cl2F6N2O4. The Morgan fingerprint density at radius 1 is 0.915 bits per heavy atom. The minimum Gasteiger partial charge on any atom is -0.472 e. The van der Waals surface area contributed by atoms with Crippen molar-refractivity contribution in [2.75, 3.05) is 0 Å². The van der Waals surface area contributed by atoms with Crippen LogP contribution < -0.4 is 9.47 Å². The number of halogens is 8. The predicted octanol–water partition coefficient (Wildman–Crippen LogP) is 8.51. The normalized spacial score (nSPS) is 17.9. The van der Waals surface area contributed by atoms with E-state index in [1.807, 2.05) is 0 Å². The number of carbonyl (C=O) groups excluding carboxylic acids is 2. The number of esters is 1. The zero-order valence-electron chi connectivity index (χ0n) is 23.9. The minimum absolute atomic E-state index is 0.00466. The van der Waals surface area contributed by atoms with Crippen LogP contribution in [0.4, 0.5) is 26.3 Å². The summed E-state index contributed by atoms with van der Waals surface area (Å²) in [7, 11) is 0. The molecule has 1 fully saturated rings. The Bertz CT molecular complexity index is 2040. The van der Waals surface area contributed by atoms with Crippen molar-refractivity contribution in [3.63, 3.8) is 0 Å². The summed E-state index contributed by atoms with van der Waals surface area (Å²) >= 11 is 12.0. The monoisotopic (exact) mass is 692 g/mol. The largest absolute Gasteiger partial charge is 0.472 e. The highest BCUT2D eigenvalue weighted by atomic mass is 35.5. The number of ether oxygens (including phenoxy) is 2. The van der Waals surface area contributed by atoms with Crippen LogP contribution >= 0.6 is 23.2 Å². The molecule has 1 saturated heterocycles. The number of hydrogen-bond acceptors (Lipinski definition) is 4. The van der Waals surface area contributed by atoms with Gasteiger partial charge < -0.3 is 19.4 Å². The zero-order valence-corrected chi connectivity index (χ0v) is 25.5. The molecule has 14 heteroatoms. The van der Waals surface area contributed by atoms with E-state index < -0.39 is 70.6 Å². The van der Waals surface area contributed by atoms with Gasteiger partial charge in [0, 0.05) is 34.2 Å². The molecule has 6 rings (SSSR count). The number of likely N-dealkylation sites (tertiary alicyclic amines) is 1.